The van der Waals surface area contributed by atoms with Gasteiger partial charge in [0.25, 0.3) is 5.91 Å². The molecule has 1 aliphatic rings. The standard InChI is InChI=1S/C24H22N6O4S/c1-33-20-8-15(5-6-17(20)23(32)29-24-30-26-13-34-24)18-10-25-11-19(28-18)21-9-16(12-35-21)27-22(31)7-14-3-2-4-14/h5-6,8-14H,2-4,7H2,1H3,(H,27,31)(H,29,30,32). The van der Waals surface area contributed by atoms with Gasteiger partial charge in [0.1, 0.15) is 5.75 Å². The average Bonchev–Trinajstić information content (AvgIpc) is 3.53. The van der Waals surface area contributed by atoms with Gasteiger partial charge in [-0.15, -0.1) is 16.4 Å². The number of ether oxygens (including phenoxy) is 1. The predicted molar refractivity (Wildman–Crippen MR) is 130 cm³/mol. The number of hydrogen-bond donors (Lipinski definition) is 2. The van der Waals surface area contributed by atoms with Crippen LogP contribution in [0.5, 0.6) is 5.75 Å². The molecule has 35 heavy (non-hydrogen) atoms. The van der Waals surface area contributed by atoms with Crippen molar-refractivity contribution in [2.45, 2.75) is 25.7 Å². The molecule has 1 aliphatic carbocycles. The Morgan fingerprint density at radius 1 is 1.17 bits per heavy atom. The lowest BCUT2D eigenvalue weighted by Crippen LogP contribution is -2.20. The van der Waals surface area contributed by atoms with Gasteiger partial charge in [-0.3, -0.25) is 19.9 Å². The van der Waals surface area contributed by atoms with Gasteiger partial charge >= 0.3 is 6.01 Å². The fourth-order valence-corrected chi connectivity index (χ4v) is 4.56. The number of hydrogen-bond acceptors (Lipinski definition) is 9. The van der Waals surface area contributed by atoms with E-state index < -0.39 is 5.91 Å². The van der Waals surface area contributed by atoms with Gasteiger partial charge in [-0.25, -0.2) is 4.98 Å². The van der Waals surface area contributed by atoms with Crippen molar-refractivity contribution < 1.29 is 18.7 Å². The quantitative estimate of drug-likeness (QED) is 0.365. The zero-order valence-corrected chi connectivity index (χ0v) is 19.7. The molecule has 0 atom stereocenters. The summed E-state index contributed by atoms with van der Waals surface area (Å²) in [4.78, 5) is 34.8. The maximum atomic E-state index is 12.6. The van der Waals surface area contributed by atoms with E-state index in [9.17, 15) is 9.59 Å². The number of anilines is 2. The summed E-state index contributed by atoms with van der Waals surface area (Å²) in [5.41, 5.74) is 3.10. The van der Waals surface area contributed by atoms with Crippen LogP contribution in [0.15, 0.2) is 52.9 Å². The molecule has 3 aromatic heterocycles. The first-order valence-electron chi connectivity index (χ1n) is 11.1. The van der Waals surface area contributed by atoms with Crippen LogP contribution in [0.3, 0.4) is 0 Å². The zero-order valence-electron chi connectivity index (χ0n) is 18.9. The maximum absolute atomic E-state index is 12.6. The summed E-state index contributed by atoms with van der Waals surface area (Å²) in [6, 6.07) is 7.02. The number of nitrogens with zero attached hydrogens (tertiary/aromatic N) is 4. The first-order valence-corrected chi connectivity index (χ1v) is 11.9. The summed E-state index contributed by atoms with van der Waals surface area (Å²) < 4.78 is 10.4. The van der Waals surface area contributed by atoms with Gasteiger partial charge in [-0.05, 0) is 37.0 Å². The monoisotopic (exact) mass is 490 g/mol. The highest BCUT2D eigenvalue weighted by Gasteiger charge is 2.21. The maximum Gasteiger partial charge on any atom is 0.322 e. The second-order valence-electron chi connectivity index (χ2n) is 8.15. The average molecular weight is 491 g/mol. The lowest BCUT2D eigenvalue weighted by atomic mass is 9.83. The molecule has 0 saturated heterocycles. The Labute approximate surface area is 204 Å². The molecule has 1 aromatic carbocycles. The van der Waals surface area contributed by atoms with Crippen LogP contribution in [0, 0.1) is 5.92 Å². The Bertz CT molecular complexity index is 1350. The van der Waals surface area contributed by atoms with Crippen molar-refractivity contribution in [3.05, 3.63) is 54.0 Å². The van der Waals surface area contributed by atoms with Gasteiger partial charge in [0.05, 0.1) is 47.0 Å². The molecule has 11 heteroatoms. The van der Waals surface area contributed by atoms with E-state index >= 15 is 0 Å². The molecule has 4 aromatic rings. The van der Waals surface area contributed by atoms with Gasteiger partial charge in [-0.2, -0.15) is 0 Å². The topological polar surface area (TPSA) is 132 Å². The number of nitrogens with one attached hydrogen (secondary N) is 2. The van der Waals surface area contributed by atoms with Crippen molar-refractivity contribution >= 4 is 34.9 Å². The molecule has 0 spiro atoms. The van der Waals surface area contributed by atoms with E-state index in [2.05, 4.69) is 25.8 Å². The minimum atomic E-state index is -0.442. The molecule has 178 valence electrons. The number of aromatic nitrogens is 4. The number of benzene rings is 1. The summed E-state index contributed by atoms with van der Waals surface area (Å²) in [5.74, 6) is 0.486. The second-order valence-corrected chi connectivity index (χ2v) is 9.06. The van der Waals surface area contributed by atoms with Crippen molar-refractivity contribution in [3.63, 3.8) is 0 Å². The smallest absolute Gasteiger partial charge is 0.322 e. The minimum Gasteiger partial charge on any atom is -0.496 e. The van der Waals surface area contributed by atoms with Crippen molar-refractivity contribution in [2.75, 3.05) is 17.7 Å². The molecule has 0 unspecified atom stereocenters. The van der Waals surface area contributed by atoms with Crippen molar-refractivity contribution in [1.82, 2.24) is 20.2 Å². The third-order valence-corrected chi connectivity index (χ3v) is 6.74. The third-order valence-electron chi connectivity index (χ3n) is 5.79. The van der Waals surface area contributed by atoms with Crippen LogP contribution in [0.2, 0.25) is 0 Å². The van der Waals surface area contributed by atoms with E-state index in [0.29, 0.717) is 35.0 Å². The van der Waals surface area contributed by atoms with E-state index in [1.165, 1.54) is 24.9 Å². The summed E-state index contributed by atoms with van der Waals surface area (Å²) >= 11 is 1.49. The van der Waals surface area contributed by atoms with Crippen molar-refractivity contribution in [3.8, 4) is 27.6 Å². The molecule has 0 aliphatic heterocycles. The molecule has 1 saturated carbocycles. The summed E-state index contributed by atoms with van der Waals surface area (Å²) in [5, 5.41) is 14.6. The number of carbonyl (C=O) groups excluding carboxylic acids is 2. The Kier molecular flexibility index (Phi) is 6.49. The molecule has 2 N–H and O–H groups in total. The first-order chi connectivity index (χ1) is 17.1. The summed E-state index contributed by atoms with van der Waals surface area (Å²) in [6.07, 6.45) is 8.52. The van der Waals surface area contributed by atoms with Gasteiger partial charge in [0, 0.05) is 17.4 Å². The van der Waals surface area contributed by atoms with Gasteiger partial charge in [0.2, 0.25) is 12.3 Å². The number of carbonyl (C=O) groups is 2. The zero-order chi connectivity index (χ0) is 24.2. The number of rotatable bonds is 8. The molecule has 1 fully saturated rings. The summed E-state index contributed by atoms with van der Waals surface area (Å²) in [6.45, 7) is 0. The molecule has 3 heterocycles. The van der Waals surface area contributed by atoms with Crippen LogP contribution in [-0.2, 0) is 4.79 Å². The van der Waals surface area contributed by atoms with Gasteiger partial charge in [-0.1, -0.05) is 17.6 Å². The highest BCUT2D eigenvalue weighted by atomic mass is 32.1. The normalized spacial score (nSPS) is 13.2. The van der Waals surface area contributed by atoms with Crippen LogP contribution in [0.25, 0.3) is 21.8 Å². The lowest BCUT2D eigenvalue weighted by molar-refractivity contribution is -0.117. The lowest BCUT2D eigenvalue weighted by Gasteiger charge is -2.24. The third kappa shape index (κ3) is 5.19. The van der Waals surface area contributed by atoms with Crippen LogP contribution in [0.4, 0.5) is 11.7 Å². The highest BCUT2D eigenvalue weighted by molar-refractivity contribution is 7.14. The molecular formula is C24H22N6O4S. The van der Waals surface area contributed by atoms with E-state index in [1.54, 1.807) is 30.6 Å². The molecule has 0 bridgehead atoms. The van der Waals surface area contributed by atoms with Crippen LogP contribution in [0.1, 0.15) is 36.0 Å². The fraction of sp³-hybridized carbons (Fsp3) is 0.250. The Morgan fingerprint density at radius 2 is 2.03 bits per heavy atom. The minimum absolute atomic E-state index is 0.00533. The number of methoxy groups -OCH3 is 1. The SMILES string of the molecule is COc1cc(-c2cncc(-c3cc(NC(=O)CC4CCC4)cs3)n2)ccc1C(=O)Nc1nnco1. The predicted octanol–water partition coefficient (Wildman–Crippen LogP) is 4.64. The Morgan fingerprint density at radius 3 is 2.77 bits per heavy atom. The van der Waals surface area contributed by atoms with Crippen LogP contribution in [-0.4, -0.2) is 39.1 Å². The molecule has 10 nitrogen and oxygen atoms in total. The first kappa shape index (κ1) is 22.7. The fourth-order valence-electron chi connectivity index (χ4n) is 3.76. The van der Waals surface area contributed by atoms with Crippen molar-refractivity contribution in [1.29, 1.82) is 0 Å². The second kappa shape index (κ2) is 10.0. The molecular weight excluding hydrogens is 468 g/mol. The highest BCUT2D eigenvalue weighted by Crippen LogP contribution is 2.33. The molecule has 2 amide bonds. The molecule has 5 rings (SSSR count). The van der Waals surface area contributed by atoms with Crippen molar-refractivity contribution in [2.24, 2.45) is 5.92 Å². The Balaban J connectivity index is 1.32. The van der Waals surface area contributed by atoms with Gasteiger partial charge < -0.3 is 14.5 Å². The van der Waals surface area contributed by atoms with E-state index in [4.69, 9.17) is 14.1 Å². The number of amides is 2. The van der Waals surface area contributed by atoms with Crippen LogP contribution >= 0.6 is 11.3 Å². The Hall–Kier alpha value is -4.12. The largest absolute Gasteiger partial charge is 0.496 e. The molecule has 0 radical (unpaired) electrons. The van der Waals surface area contributed by atoms with E-state index in [1.807, 2.05) is 11.4 Å². The van der Waals surface area contributed by atoms with Gasteiger partial charge in [0.15, 0.2) is 0 Å². The van der Waals surface area contributed by atoms with Crippen LogP contribution < -0.4 is 15.4 Å². The van der Waals surface area contributed by atoms with E-state index in [-0.39, 0.29) is 11.9 Å². The van der Waals surface area contributed by atoms with E-state index in [0.717, 1.165) is 35.4 Å². The summed E-state index contributed by atoms with van der Waals surface area (Å²) in [7, 11) is 1.48. The number of thiophene rings is 1.